The van der Waals surface area contributed by atoms with E-state index in [1.807, 2.05) is 37.3 Å². The number of benzene rings is 1. The molecule has 17 heavy (non-hydrogen) atoms. The maximum Gasteiger partial charge on any atom is 0.219 e. The highest BCUT2D eigenvalue weighted by molar-refractivity contribution is 9.10. The largest absolute Gasteiger partial charge is 0.490 e. The number of para-hydroxylation sites is 2. The summed E-state index contributed by atoms with van der Waals surface area (Å²) < 4.78 is 12.1. The van der Waals surface area contributed by atoms with E-state index in [1.165, 1.54) is 0 Å². The summed E-state index contributed by atoms with van der Waals surface area (Å²) in [6.07, 6.45) is 1.69. The lowest BCUT2D eigenvalue weighted by Crippen LogP contribution is -1.95. The Bertz CT molecular complexity index is 485. The number of rotatable bonds is 4. The van der Waals surface area contributed by atoms with Gasteiger partial charge in [-0.3, -0.25) is 0 Å². The summed E-state index contributed by atoms with van der Waals surface area (Å²) in [5.41, 5.74) is 0. The molecule has 0 spiro atoms. The van der Waals surface area contributed by atoms with Crippen molar-refractivity contribution in [3.63, 3.8) is 0 Å². The zero-order valence-corrected chi connectivity index (χ0v) is 11.0. The highest BCUT2D eigenvalue weighted by Crippen LogP contribution is 2.30. The van der Waals surface area contributed by atoms with E-state index < -0.39 is 0 Å². The van der Waals surface area contributed by atoms with Gasteiger partial charge in [0.1, 0.15) is 0 Å². The summed E-state index contributed by atoms with van der Waals surface area (Å²) in [4.78, 5) is 4.15. The van der Waals surface area contributed by atoms with E-state index in [0.717, 1.165) is 10.2 Å². The molecule has 0 N–H and O–H groups in total. The fraction of sp³-hybridized carbons (Fsp3) is 0.154. The molecule has 0 radical (unpaired) electrons. The van der Waals surface area contributed by atoms with Gasteiger partial charge in [0.15, 0.2) is 11.5 Å². The molecule has 2 rings (SSSR count). The summed E-state index contributed by atoms with van der Waals surface area (Å²) in [6, 6.07) is 11.2. The number of nitrogens with zero attached hydrogens (tertiary/aromatic N) is 1. The average Bonchev–Trinajstić information content (AvgIpc) is 2.35. The second-order valence-electron chi connectivity index (χ2n) is 3.30. The summed E-state index contributed by atoms with van der Waals surface area (Å²) in [7, 11) is 0. The molecule has 1 heterocycles. The van der Waals surface area contributed by atoms with Crippen LogP contribution in [0.1, 0.15) is 6.92 Å². The fourth-order valence-corrected chi connectivity index (χ4v) is 1.58. The van der Waals surface area contributed by atoms with Gasteiger partial charge in [-0.2, -0.15) is 0 Å². The Balaban J connectivity index is 2.20. The molecule has 0 unspecified atom stereocenters. The second-order valence-corrected chi connectivity index (χ2v) is 4.21. The van der Waals surface area contributed by atoms with Gasteiger partial charge in [0.25, 0.3) is 0 Å². The minimum Gasteiger partial charge on any atom is -0.490 e. The van der Waals surface area contributed by atoms with Crippen molar-refractivity contribution in [2.24, 2.45) is 0 Å². The topological polar surface area (TPSA) is 31.4 Å². The molecular weight excluding hydrogens is 282 g/mol. The van der Waals surface area contributed by atoms with Crippen molar-refractivity contribution in [2.45, 2.75) is 6.92 Å². The molecule has 2 aromatic rings. The highest BCUT2D eigenvalue weighted by atomic mass is 79.9. The lowest BCUT2D eigenvalue weighted by atomic mass is 10.3. The van der Waals surface area contributed by atoms with Crippen molar-refractivity contribution in [3.8, 4) is 17.4 Å². The molecule has 0 amide bonds. The smallest absolute Gasteiger partial charge is 0.219 e. The third-order valence-corrected chi connectivity index (χ3v) is 2.53. The first-order valence-electron chi connectivity index (χ1n) is 5.31. The SMILES string of the molecule is CCOc1ccccc1Oc1ccc(Br)cn1. The predicted molar refractivity (Wildman–Crippen MR) is 69.6 cm³/mol. The van der Waals surface area contributed by atoms with Crippen molar-refractivity contribution >= 4 is 15.9 Å². The van der Waals surface area contributed by atoms with Crippen LogP contribution >= 0.6 is 15.9 Å². The summed E-state index contributed by atoms with van der Waals surface area (Å²) >= 11 is 3.33. The molecule has 1 aromatic heterocycles. The van der Waals surface area contributed by atoms with E-state index in [1.54, 1.807) is 12.3 Å². The summed E-state index contributed by atoms with van der Waals surface area (Å²) in [5.74, 6) is 1.93. The van der Waals surface area contributed by atoms with Crippen molar-refractivity contribution in [1.82, 2.24) is 4.98 Å². The highest BCUT2D eigenvalue weighted by Gasteiger charge is 2.05. The molecule has 0 aliphatic carbocycles. The number of aromatic nitrogens is 1. The van der Waals surface area contributed by atoms with E-state index in [2.05, 4.69) is 20.9 Å². The molecule has 1 aromatic carbocycles. The number of hydrogen-bond donors (Lipinski definition) is 0. The monoisotopic (exact) mass is 293 g/mol. The molecule has 0 saturated carbocycles. The zero-order chi connectivity index (χ0) is 12.1. The number of halogens is 1. The molecule has 0 atom stereocenters. The van der Waals surface area contributed by atoms with Gasteiger partial charge in [-0.25, -0.2) is 4.98 Å². The standard InChI is InChI=1S/C13H12BrNO2/c1-2-16-11-5-3-4-6-12(11)17-13-8-7-10(14)9-15-13/h3-9H,2H2,1H3. The Morgan fingerprint density at radius 2 is 1.88 bits per heavy atom. The van der Waals surface area contributed by atoms with E-state index in [4.69, 9.17) is 9.47 Å². The van der Waals surface area contributed by atoms with Crippen LogP contribution in [-0.2, 0) is 0 Å². The minimum atomic E-state index is 0.542. The zero-order valence-electron chi connectivity index (χ0n) is 9.39. The minimum absolute atomic E-state index is 0.542. The van der Waals surface area contributed by atoms with Gasteiger partial charge in [0, 0.05) is 16.7 Å². The van der Waals surface area contributed by atoms with E-state index in [9.17, 15) is 0 Å². The van der Waals surface area contributed by atoms with Gasteiger partial charge >= 0.3 is 0 Å². The lowest BCUT2D eigenvalue weighted by molar-refractivity contribution is 0.319. The molecule has 0 fully saturated rings. The van der Waals surface area contributed by atoms with Crippen LogP contribution in [0.15, 0.2) is 47.1 Å². The van der Waals surface area contributed by atoms with Crippen LogP contribution in [0.25, 0.3) is 0 Å². The molecule has 0 saturated heterocycles. The van der Waals surface area contributed by atoms with Crippen LogP contribution in [0.5, 0.6) is 17.4 Å². The summed E-state index contributed by atoms with van der Waals surface area (Å²) in [6.45, 7) is 2.54. The average molecular weight is 294 g/mol. The second kappa shape index (κ2) is 5.68. The van der Waals surface area contributed by atoms with Crippen molar-refractivity contribution in [3.05, 3.63) is 47.1 Å². The molecule has 0 aliphatic rings. The predicted octanol–water partition coefficient (Wildman–Crippen LogP) is 4.04. The van der Waals surface area contributed by atoms with E-state index >= 15 is 0 Å². The van der Waals surface area contributed by atoms with Gasteiger partial charge in [-0.1, -0.05) is 12.1 Å². The lowest BCUT2D eigenvalue weighted by Gasteiger charge is -2.10. The Kier molecular flexibility index (Phi) is 3.98. The van der Waals surface area contributed by atoms with Gasteiger partial charge in [-0.05, 0) is 41.1 Å². The molecule has 3 nitrogen and oxygen atoms in total. The Morgan fingerprint density at radius 3 is 2.53 bits per heavy atom. The first kappa shape index (κ1) is 11.9. The van der Waals surface area contributed by atoms with Gasteiger partial charge < -0.3 is 9.47 Å². The fourth-order valence-electron chi connectivity index (χ4n) is 1.34. The Hall–Kier alpha value is -1.55. The normalized spacial score (nSPS) is 10.0. The van der Waals surface area contributed by atoms with Crippen molar-refractivity contribution < 1.29 is 9.47 Å². The maximum absolute atomic E-state index is 5.66. The van der Waals surface area contributed by atoms with E-state index in [-0.39, 0.29) is 0 Å². The van der Waals surface area contributed by atoms with Gasteiger partial charge in [0.2, 0.25) is 5.88 Å². The van der Waals surface area contributed by atoms with Crippen LogP contribution in [0.4, 0.5) is 0 Å². The first-order chi connectivity index (χ1) is 8.29. The first-order valence-corrected chi connectivity index (χ1v) is 6.10. The molecule has 4 heteroatoms. The van der Waals surface area contributed by atoms with Crippen molar-refractivity contribution in [1.29, 1.82) is 0 Å². The summed E-state index contributed by atoms with van der Waals surface area (Å²) in [5, 5.41) is 0. The Morgan fingerprint density at radius 1 is 1.12 bits per heavy atom. The van der Waals surface area contributed by atoms with Crippen LogP contribution in [0.3, 0.4) is 0 Å². The van der Waals surface area contributed by atoms with Gasteiger partial charge in [0.05, 0.1) is 6.61 Å². The maximum atomic E-state index is 5.66. The number of pyridine rings is 1. The third-order valence-electron chi connectivity index (χ3n) is 2.06. The number of ether oxygens (including phenoxy) is 2. The van der Waals surface area contributed by atoms with Gasteiger partial charge in [-0.15, -0.1) is 0 Å². The Labute approximate surface area is 109 Å². The molecule has 0 aliphatic heterocycles. The quantitative estimate of drug-likeness (QED) is 0.853. The third kappa shape index (κ3) is 3.20. The van der Waals surface area contributed by atoms with Crippen molar-refractivity contribution in [2.75, 3.05) is 6.61 Å². The molecular formula is C13H12BrNO2. The van der Waals surface area contributed by atoms with Crippen LogP contribution in [-0.4, -0.2) is 11.6 Å². The molecule has 0 bridgehead atoms. The van der Waals surface area contributed by atoms with Crippen LogP contribution in [0, 0.1) is 0 Å². The van der Waals surface area contributed by atoms with Crippen LogP contribution in [0.2, 0.25) is 0 Å². The number of hydrogen-bond acceptors (Lipinski definition) is 3. The molecule has 88 valence electrons. The van der Waals surface area contributed by atoms with Crippen LogP contribution < -0.4 is 9.47 Å². The van der Waals surface area contributed by atoms with E-state index in [0.29, 0.717) is 18.2 Å².